The quantitative estimate of drug-likeness (QED) is 0.286. The van der Waals surface area contributed by atoms with E-state index in [1.165, 1.54) is 0 Å². The van der Waals surface area contributed by atoms with Crippen LogP contribution in [0.15, 0.2) is 24.3 Å². The van der Waals surface area contributed by atoms with Gasteiger partial charge in [-0.15, -0.1) is 0 Å². The van der Waals surface area contributed by atoms with E-state index in [9.17, 15) is 4.79 Å². The molecule has 0 N–H and O–H groups in total. The Morgan fingerprint density at radius 1 is 1.09 bits per heavy atom. The molecule has 0 fully saturated rings. The van der Waals surface area contributed by atoms with E-state index in [-0.39, 0.29) is 5.97 Å². The van der Waals surface area contributed by atoms with Gasteiger partial charge >= 0.3 is 5.97 Å². The first-order chi connectivity index (χ1) is 11.0. The van der Waals surface area contributed by atoms with Crippen molar-refractivity contribution in [3.8, 4) is 11.5 Å². The summed E-state index contributed by atoms with van der Waals surface area (Å²) in [5.41, 5.74) is 1.58. The molecule has 0 saturated carbocycles. The van der Waals surface area contributed by atoms with Gasteiger partial charge in [0, 0.05) is 5.57 Å². The van der Waals surface area contributed by atoms with Gasteiger partial charge in [0.15, 0.2) is 11.5 Å². The van der Waals surface area contributed by atoms with Crippen molar-refractivity contribution >= 4 is 21.4 Å². The largest absolute Gasteiger partial charge is 0.493 e. The number of benzene rings is 1. The second-order valence-electron chi connectivity index (χ2n) is 5.42. The lowest BCUT2D eigenvalue weighted by Gasteiger charge is -2.15. The fourth-order valence-electron chi connectivity index (χ4n) is 2.29. The molecule has 0 saturated heterocycles. The smallest absolute Gasteiger partial charge is 0.333 e. The van der Waals surface area contributed by atoms with E-state index in [1.54, 1.807) is 21.1 Å². The first-order valence-corrected chi connectivity index (χ1v) is 8.29. The Morgan fingerprint density at radius 3 is 2.35 bits per heavy atom. The van der Waals surface area contributed by atoms with E-state index < -0.39 is 0 Å². The summed E-state index contributed by atoms with van der Waals surface area (Å²) in [7, 11) is 6.81. The molecule has 0 aliphatic carbocycles. The maximum absolute atomic E-state index is 11.2. The van der Waals surface area contributed by atoms with Gasteiger partial charge in [-0.1, -0.05) is 31.6 Å². The summed E-state index contributed by atoms with van der Waals surface area (Å²) in [6.07, 6.45) is 4.96. The van der Waals surface area contributed by atoms with Gasteiger partial charge in [0.1, 0.15) is 0 Å². The third-order valence-corrected chi connectivity index (χ3v) is 3.92. The molecule has 0 bridgehead atoms. The van der Waals surface area contributed by atoms with Crippen LogP contribution in [0.25, 0.3) is 0 Å². The minimum Gasteiger partial charge on any atom is -0.493 e. The Labute approximate surface area is 142 Å². The number of hydrogen-bond donors (Lipinski definition) is 0. The Bertz CT molecular complexity index is 540. The standard InChI is InChI=1S/C18H25O4Si/c1-13(2)18(19)22-12-8-6-5-7-9-14-10-11-15(23)17(21-4)16(14)20-3/h10-11H,1,5-9,12H2,2-4H3. The van der Waals surface area contributed by atoms with Crippen LogP contribution in [0.3, 0.4) is 0 Å². The van der Waals surface area contributed by atoms with E-state index >= 15 is 0 Å². The molecule has 0 aromatic heterocycles. The number of ether oxygens (including phenoxy) is 3. The second-order valence-corrected chi connectivity index (χ2v) is 5.96. The molecule has 1 aromatic rings. The molecular weight excluding hydrogens is 308 g/mol. The lowest BCUT2D eigenvalue weighted by molar-refractivity contribution is -0.139. The monoisotopic (exact) mass is 333 g/mol. The number of rotatable bonds is 10. The molecular formula is C18H25O4Si. The molecule has 1 rings (SSSR count). The summed E-state index contributed by atoms with van der Waals surface area (Å²) < 4.78 is 15.9. The van der Waals surface area contributed by atoms with Crippen LogP contribution in [0.4, 0.5) is 0 Å². The summed E-state index contributed by atoms with van der Waals surface area (Å²) in [5, 5.41) is 0.882. The van der Waals surface area contributed by atoms with Crippen molar-refractivity contribution in [1.82, 2.24) is 0 Å². The molecule has 23 heavy (non-hydrogen) atoms. The number of methoxy groups -OCH3 is 2. The van der Waals surface area contributed by atoms with Crippen LogP contribution in [0.2, 0.25) is 0 Å². The highest BCUT2D eigenvalue weighted by Crippen LogP contribution is 2.30. The fourth-order valence-corrected chi connectivity index (χ4v) is 2.58. The topological polar surface area (TPSA) is 44.8 Å². The lowest BCUT2D eigenvalue weighted by Crippen LogP contribution is -2.10. The third kappa shape index (κ3) is 6.10. The van der Waals surface area contributed by atoms with Crippen LogP contribution in [0, 0.1) is 0 Å². The maximum Gasteiger partial charge on any atom is 0.333 e. The van der Waals surface area contributed by atoms with Crippen molar-refractivity contribution in [2.75, 3.05) is 20.8 Å². The number of aryl methyl sites for hydroxylation is 1. The zero-order valence-electron chi connectivity index (χ0n) is 14.2. The zero-order valence-corrected chi connectivity index (χ0v) is 15.2. The van der Waals surface area contributed by atoms with Crippen LogP contribution >= 0.6 is 0 Å². The highest BCUT2D eigenvalue weighted by atomic mass is 28.1. The molecule has 0 spiro atoms. The average Bonchev–Trinajstić information content (AvgIpc) is 2.54. The highest BCUT2D eigenvalue weighted by Gasteiger charge is 2.12. The number of esters is 1. The minimum atomic E-state index is -0.309. The van der Waals surface area contributed by atoms with Gasteiger partial charge in [-0.3, -0.25) is 0 Å². The van der Waals surface area contributed by atoms with Gasteiger partial charge in [-0.25, -0.2) is 4.79 Å². The molecule has 0 heterocycles. The number of carbonyl (C=O) groups excluding carboxylic acids is 1. The van der Waals surface area contributed by atoms with Crippen molar-refractivity contribution in [2.24, 2.45) is 0 Å². The van der Waals surface area contributed by atoms with Gasteiger partial charge in [-0.2, -0.15) is 0 Å². The van der Waals surface area contributed by atoms with Gasteiger partial charge in [0.05, 0.1) is 31.1 Å². The Morgan fingerprint density at radius 2 is 1.74 bits per heavy atom. The average molecular weight is 333 g/mol. The van der Waals surface area contributed by atoms with E-state index in [0.717, 1.165) is 54.4 Å². The minimum absolute atomic E-state index is 0.309. The Kier molecular flexibility index (Phi) is 8.47. The fraction of sp³-hybridized carbons (Fsp3) is 0.500. The predicted octanol–water partition coefficient (Wildman–Crippen LogP) is 2.72. The summed E-state index contributed by atoms with van der Waals surface area (Å²) in [6, 6.07) is 4.03. The van der Waals surface area contributed by atoms with Gasteiger partial charge in [0.2, 0.25) is 0 Å². The Hall–Kier alpha value is -1.75. The van der Waals surface area contributed by atoms with Crippen molar-refractivity contribution in [2.45, 2.75) is 39.0 Å². The third-order valence-electron chi connectivity index (χ3n) is 3.52. The molecule has 0 aliphatic rings. The van der Waals surface area contributed by atoms with E-state index in [1.807, 2.05) is 6.07 Å². The van der Waals surface area contributed by atoms with Crippen molar-refractivity contribution in [3.63, 3.8) is 0 Å². The van der Waals surface area contributed by atoms with Crippen molar-refractivity contribution in [3.05, 3.63) is 29.8 Å². The number of hydrogen-bond acceptors (Lipinski definition) is 4. The van der Waals surface area contributed by atoms with Crippen LogP contribution in [-0.4, -0.2) is 37.0 Å². The summed E-state index contributed by atoms with van der Waals surface area (Å²) in [5.74, 6) is 1.21. The first-order valence-electron chi connectivity index (χ1n) is 7.79. The number of unbranched alkanes of at least 4 members (excludes halogenated alkanes) is 3. The van der Waals surface area contributed by atoms with Crippen LogP contribution in [0.5, 0.6) is 11.5 Å². The Balaban J connectivity index is 2.34. The highest BCUT2D eigenvalue weighted by molar-refractivity contribution is 6.34. The number of carbonyl (C=O) groups is 1. The van der Waals surface area contributed by atoms with Crippen molar-refractivity contribution in [1.29, 1.82) is 0 Å². The first kappa shape index (κ1) is 19.3. The zero-order chi connectivity index (χ0) is 17.2. The molecule has 0 amide bonds. The second kappa shape index (κ2) is 10.1. The predicted molar refractivity (Wildman–Crippen MR) is 92.9 cm³/mol. The molecule has 0 atom stereocenters. The van der Waals surface area contributed by atoms with Gasteiger partial charge in [0.25, 0.3) is 0 Å². The molecule has 4 nitrogen and oxygen atoms in total. The van der Waals surface area contributed by atoms with E-state index in [2.05, 4.69) is 22.9 Å². The molecule has 5 heteroatoms. The summed E-state index contributed by atoms with van der Waals surface area (Å²) >= 11 is 0. The molecule has 0 aliphatic heterocycles. The van der Waals surface area contributed by atoms with Gasteiger partial charge < -0.3 is 14.2 Å². The molecule has 125 valence electrons. The van der Waals surface area contributed by atoms with E-state index in [4.69, 9.17) is 14.2 Å². The SMILES string of the molecule is C=C(C)C(=O)OCCCCCCc1ccc([Si])c(OC)c1OC. The molecule has 3 radical (unpaired) electrons. The lowest BCUT2D eigenvalue weighted by atomic mass is 10.0. The van der Waals surface area contributed by atoms with Gasteiger partial charge in [-0.05, 0) is 36.9 Å². The summed E-state index contributed by atoms with van der Waals surface area (Å²) in [4.78, 5) is 11.2. The maximum atomic E-state index is 11.2. The van der Waals surface area contributed by atoms with Crippen LogP contribution in [-0.2, 0) is 16.0 Å². The normalized spacial score (nSPS) is 10.3. The summed E-state index contributed by atoms with van der Waals surface area (Å²) in [6.45, 7) is 5.67. The van der Waals surface area contributed by atoms with Crippen LogP contribution in [0.1, 0.15) is 38.2 Å². The van der Waals surface area contributed by atoms with E-state index in [0.29, 0.717) is 12.2 Å². The molecule has 1 aromatic carbocycles. The van der Waals surface area contributed by atoms with Crippen molar-refractivity contribution < 1.29 is 19.0 Å². The molecule has 0 unspecified atom stereocenters. The van der Waals surface area contributed by atoms with Crippen LogP contribution < -0.4 is 14.7 Å².